The van der Waals surface area contributed by atoms with Gasteiger partial charge in [-0.2, -0.15) is 0 Å². The first-order valence-corrected chi connectivity index (χ1v) is 8.98. The highest BCUT2D eigenvalue weighted by molar-refractivity contribution is 5.50. The lowest BCUT2D eigenvalue weighted by Gasteiger charge is -2.10. The van der Waals surface area contributed by atoms with Crippen molar-refractivity contribution in [3.8, 4) is 5.75 Å². The second-order valence-electron chi connectivity index (χ2n) is 6.61. The molecule has 0 spiro atoms. The lowest BCUT2D eigenvalue weighted by molar-refractivity contribution is 0.306. The largest absolute Gasteiger partial charge is 0.489 e. The van der Waals surface area contributed by atoms with Gasteiger partial charge in [-0.15, -0.1) is 0 Å². The predicted molar refractivity (Wildman–Crippen MR) is 103 cm³/mol. The Hall–Kier alpha value is -2.74. The second-order valence-corrected chi connectivity index (χ2v) is 6.61. The number of fused-ring (bicyclic) bond motifs is 1. The highest BCUT2D eigenvalue weighted by Crippen LogP contribution is 2.25. The first kappa shape index (κ1) is 15.8. The minimum absolute atomic E-state index is 0.605. The fraction of sp³-hybridized carbons (Fsp3) is 0.217. The number of rotatable bonds is 6. The first-order valence-electron chi connectivity index (χ1n) is 8.98. The summed E-state index contributed by atoms with van der Waals surface area (Å²) in [6.45, 7) is 1.44. The number of hydrogen-bond donors (Lipinski definition) is 1. The van der Waals surface area contributed by atoms with Crippen molar-refractivity contribution in [2.24, 2.45) is 0 Å². The molecule has 3 aromatic carbocycles. The van der Waals surface area contributed by atoms with Gasteiger partial charge in [-0.3, -0.25) is 0 Å². The maximum atomic E-state index is 5.84. The minimum atomic E-state index is 0.605. The molecule has 0 fully saturated rings. The minimum Gasteiger partial charge on any atom is -0.489 e. The summed E-state index contributed by atoms with van der Waals surface area (Å²) in [5, 5.41) is 3.53. The standard InChI is InChI=1S/C23H23NO/c1-2-5-19(6-3-1)17-25-23-13-9-18(10-14-23)16-24-22-12-11-20-7-4-8-21(20)15-22/h1-3,5-6,9-15,24H,4,7-8,16-17H2. The molecule has 126 valence electrons. The Morgan fingerprint density at radius 3 is 2.40 bits per heavy atom. The molecule has 3 aromatic rings. The van der Waals surface area contributed by atoms with Gasteiger partial charge in [0.25, 0.3) is 0 Å². The average molecular weight is 329 g/mol. The van der Waals surface area contributed by atoms with Crippen molar-refractivity contribution in [1.82, 2.24) is 0 Å². The SMILES string of the molecule is c1ccc(COc2ccc(CNc3ccc4c(c3)CCC4)cc2)cc1. The van der Waals surface area contributed by atoms with Gasteiger partial charge in [-0.1, -0.05) is 48.5 Å². The van der Waals surface area contributed by atoms with Crippen molar-refractivity contribution in [2.45, 2.75) is 32.4 Å². The molecule has 1 aliphatic rings. The molecule has 1 N–H and O–H groups in total. The van der Waals surface area contributed by atoms with Crippen LogP contribution in [0.3, 0.4) is 0 Å². The van der Waals surface area contributed by atoms with Crippen LogP contribution >= 0.6 is 0 Å². The monoisotopic (exact) mass is 329 g/mol. The smallest absolute Gasteiger partial charge is 0.119 e. The van der Waals surface area contributed by atoms with Crippen LogP contribution in [0.4, 0.5) is 5.69 Å². The molecule has 0 heterocycles. The molecule has 0 bridgehead atoms. The van der Waals surface area contributed by atoms with Gasteiger partial charge in [0.1, 0.15) is 12.4 Å². The van der Waals surface area contributed by atoms with E-state index in [0.29, 0.717) is 6.61 Å². The van der Waals surface area contributed by atoms with Crippen LogP contribution in [0.5, 0.6) is 5.75 Å². The van der Waals surface area contributed by atoms with Crippen molar-refractivity contribution in [3.63, 3.8) is 0 Å². The Kier molecular flexibility index (Phi) is 4.69. The van der Waals surface area contributed by atoms with E-state index in [1.807, 2.05) is 30.3 Å². The normalized spacial score (nSPS) is 12.6. The molecule has 2 heteroatoms. The Balaban J connectivity index is 1.31. The molecule has 4 rings (SSSR count). The van der Waals surface area contributed by atoms with Crippen molar-refractivity contribution >= 4 is 5.69 Å². The van der Waals surface area contributed by atoms with E-state index < -0.39 is 0 Å². The zero-order chi connectivity index (χ0) is 16.9. The summed E-state index contributed by atoms with van der Waals surface area (Å²) in [5.74, 6) is 0.908. The highest BCUT2D eigenvalue weighted by Gasteiger charge is 2.10. The van der Waals surface area contributed by atoms with E-state index in [1.165, 1.54) is 47.2 Å². The Morgan fingerprint density at radius 2 is 1.56 bits per heavy atom. The third kappa shape index (κ3) is 4.03. The van der Waals surface area contributed by atoms with Gasteiger partial charge in [-0.25, -0.2) is 0 Å². The third-order valence-electron chi connectivity index (χ3n) is 4.77. The number of ether oxygens (including phenoxy) is 1. The van der Waals surface area contributed by atoms with E-state index in [1.54, 1.807) is 0 Å². The summed E-state index contributed by atoms with van der Waals surface area (Å²) in [5.41, 5.74) is 6.68. The quantitative estimate of drug-likeness (QED) is 0.657. The molecule has 0 radical (unpaired) electrons. The fourth-order valence-electron chi connectivity index (χ4n) is 3.33. The average Bonchev–Trinajstić information content (AvgIpc) is 3.14. The fourth-order valence-corrected chi connectivity index (χ4v) is 3.33. The molecule has 0 saturated heterocycles. The van der Waals surface area contributed by atoms with Crippen LogP contribution in [-0.4, -0.2) is 0 Å². The zero-order valence-corrected chi connectivity index (χ0v) is 14.4. The second kappa shape index (κ2) is 7.43. The molecule has 0 aliphatic heterocycles. The molecule has 0 unspecified atom stereocenters. The van der Waals surface area contributed by atoms with Gasteiger partial charge in [0.05, 0.1) is 0 Å². The molecule has 2 nitrogen and oxygen atoms in total. The molecule has 0 aromatic heterocycles. The topological polar surface area (TPSA) is 21.3 Å². The summed E-state index contributed by atoms with van der Waals surface area (Å²) in [4.78, 5) is 0. The van der Waals surface area contributed by atoms with Crippen LogP contribution in [0, 0.1) is 0 Å². The Bertz CT molecular complexity index is 824. The van der Waals surface area contributed by atoms with Crippen LogP contribution in [0.1, 0.15) is 28.7 Å². The summed E-state index contributed by atoms with van der Waals surface area (Å²) in [6.07, 6.45) is 3.75. The van der Waals surface area contributed by atoms with Crippen LogP contribution in [0.2, 0.25) is 0 Å². The summed E-state index contributed by atoms with van der Waals surface area (Å²) in [7, 11) is 0. The van der Waals surface area contributed by atoms with Crippen molar-refractivity contribution < 1.29 is 4.74 Å². The number of anilines is 1. The molecule has 1 aliphatic carbocycles. The van der Waals surface area contributed by atoms with Gasteiger partial charge in [0.15, 0.2) is 0 Å². The van der Waals surface area contributed by atoms with Crippen molar-refractivity contribution in [1.29, 1.82) is 0 Å². The Labute approximate surface area is 149 Å². The van der Waals surface area contributed by atoms with Gasteiger partial charge < -0.3 is 10.1 Å². The van der Waals surface area contributed by atoms with E-state index >= 15 is 0 Å². The summed E-state index contributed by atoms with van der Waals surface area (Å²) < 4.78 is 5.84. The molecule has 0 atom stereocenters. The summed E-state index contributed by atoms with van der Waals surface area (Å²) >= 11 is 0. The maximum Gasteiger partial charge on any atom is 0.119 e. The van der Waals surface area contributed by atoms with Gasteiger partial charge >= 0.3 is 0 Å². The van der Waals surface area contributed by atoms with E-state index in [-0.39, 0.29) is 0 Å². The number of benzene rings is 3. The number of aryl methyl sites for hydroxylation is 2. The van der Waals surface area contributed by atoms with Gasteiger partial charge in [0, 0.05) is 12.2 Å². The number of hydrogen-bond acceptors (Lipinski definition) is 2. The van der Waals surface area contributed by atoms with E-state index in [4.69, 9.17) is 4.74 Å². The molecule has 0 saturated carbocycles. The summed E-state index contributed by atoms with van der Waals surface area (Å²) in [6, 6.07) is 25.4. The van der Waals surface area contributed by atoms with Crippen molar-refractivity contribution in [3.05, 3.63) is 95.1 Å². The molecule has 25 heavy (non-hydrogen) atoms. The van der Waals surface area contributed by atoms with Crippen LogP contribution in [0.15, 0.2) is 72.8 Å². The zero-order valence-electron chi connectivity index (χ0n) is 14.4. The van der Waals surface area contributed by atoms with Gasteiger partial charge in [0.2, 0.25) is 0 Å². The van der Waals surface area contributed by atoms with Crippen LogP contribution in [0.25, 0.3) is 0 Å². The Morgan fingerprint density at radius 1 is 0.760 bits per heavy atom. The van der Waals surface area contributed by atoms with Crippen LogP contribution in [-0.2, 0) is 26.0 Å². The molecular weight excluding hydrogens is 306 g/mol. The van der Waals surface area contributed by atoms with E-state index in [0.717, 1.165) is 12.3 Å². The van der Waals surface area contributed by atoms with E-state index in [2.05, 4.69) is 47.8 Å². The highest BCUT2D eigenvalue weighted by atomic mass is 16.5. The van der Waals surface area contributed by atoms with Crippen molar-refractivity contribution in [2.75, 3.05) is 5.32 Å². The number of nitrogens with one attached hydrogen (secondary N) is 1. The van der Waals surface area contributed by atoms with E-state index in [9.17, 15) is 0 Å². The van der Waals surface area contributed by atoms with Gasteiger partial charge in [-0.05, 0) is 65.8 Å². The molecule has 0 amide bonds. The lowest BCUT2D eigenvalue weighted by Crippen LogP contribution is -2.00. The lowest BCUT2D eigenvalue weighted by atomic mass is 10.1. The predicted octanol–water partition coefficient (Wildman–Crippen LogP) is 5.37. The molecular formula is C23H23NO. The third-order valence-corrected chi connectivity index (χ3v) is 4.77. The van der Waals surface area contributed by atoms with Crippen LogP contribution < -0.4 is 10.1 Å². The first-order chi connectivity index (χ1) is 12.4. The maximum absolute atomic E-state index is 5.84.